The van der Waals surface area contributed by atoms with Gasteiger partial charge in [0.05, 0.1) is 5.82 Å². The van der Waals surface area contributed by atoms with Crippen molar-refractivity contribution >= 4 is 32.4 Å². The van der Waals surface area contributed by atoms with Crippen LogP contribution >= 0.6 is 15.9 Å². The number of nitriles is 1. The quantitative estimate of drug-likeness (QED) is 0.525. The molecule has 0 amide bonds. The molecule has 1 aromatic rings. The van der Waals surface area contributed by atoms with Gasteiger partial charge in [0, 0.05) is 17.1 Å². The molecule has 2 nitrogen and oxygen atoms in total. The van der Waals surface area contributed by atoms with Crippen LogP contribution in [0.15, 0.2) is 16.6 Å². The number of nitrogens with zero attached hydrogens (tertiary/aromatic N) is 2. The zero-order chi connectivity index (χ0) is 15.3. The molecule has 0 saturated heterocycles. The number of rotatable bonds is 2. The van der Waals surface area contributed by atoms with Gasteiger partial charge in [-0.1, -0.05) is 77.2 Å². The molecule has 0 atom stereocenters. The Hall–Kier alpha value is 0.631. The van der Waals surface area contributed by atoms with Crippen LogP contribution < -0.4 is 18.9 Å². The summed E-state index contributed by atoms with van der Waals surface area (Å²) in [6.45, 7) is 13.8. The molecular formula is C13H20BrCuFLiN2Si2-. The van der Waals surface area contributed by atoms with E-state index in [1.807, 2.05) is 6.07 Å². The number of benzene rings is 1. The third-order valence-corrected chi connectivity index (χ3v) is 7.59. The molecule has 0 N–H and O–H groups in total. The van der Waals surface area contributed by atoms with Gasteiger partial charge in [0.25, 0.3) is 0 Å². The maximum atomic E-state index is 12.4. The summed E-state index contributed by atoms with van der Waals surface area (Å²) < 4.78 is 17.5. The monoisotopic (exact) mass is 428 g/mol. The smallest absolute Gasteiger partial charge is 0.668 e. The van der Waals surface area contributed by atoms with Crippen LogP contribution in [0.2, 0.25) is 39.3 Å². The van der Waals surface area contributed by atoms with E-state index < -0.39 is 22.3 Å². The van der Waals surface area contributed by atoms with Gasteiger partial charge in [0.15, 0.2) is 0 Å². The first-order valence-corrected chi connectivity index (χ1v) is 13.6. The van der Waals surface area contributed by atoms with Gasteiger partial charge >= 0.3 is 18.9 Å². The molecule has 21 heavy (non-hydrogen) atoms. The third-order valence-electron chi connectivity index (χ3n) is 1.64. The van der Waals surface area contributed by atoms with Gasteiger partial charge in [0.2, 0.25) is 0 Å². The molecule has 0 aliphatic heterocycles. The molecular weight excluding hydrogens is 410 g/mol. The van der Waals surface area contributed by atoms with Gasteiger partial charge in [-0.2, -0.15) is 0 Å². The van der Waals surface area contributed by atoms with Crippen LogP contribution in [0.3, 0.4) is 0 Å². The molecule has 0 bridgehead atoms. The van der Waals surface area contributed by atoms with Crippen LogP contribution in [0.5, 0.6) is 0 Å². The van der Waals surface area contributed by atoms with Crippen LogP contribution in [0, 0.1) is 23.2 Å². The molecule has 1 radical (unpaired) electrons. The second-order valence-corrected chi connectivity index (χ2v) is 16.5. The van der Waals surface area contributed by atoms with Gasteiger partial charge in [-0.05, 0) is 10.5 Å². The molecule has 0 unspecified atom stereocenters. The second-order valence-electron chi connectivity index (χ2n) is 6.10. The summed E-state index contributed by atoms with van der Waals surface area (Å²) in [7, 11) is -2.21. The van der Waals surface area contributed by atoms with E-state index in [-0.39, 0.29) is 40.4 Å². The first kappa shape index (κ1) is 26.5. The van der Waals surface area contributed by atoms with Crippen LogP contribution in [0.1, 0.15) is 5.56 Å². The van der Waals surface area contributed by atoms with Crippen molar-refractivity contribution in [3.8, 4) is 6.07 Å². The summed E-state index contributed by atoms with van der Waals surface area (Å²) in [5, 5.41) is 8.33. The van der Waals surface area contributed by atoms with Crippen molar-refractivity contribution in [3.63, 3.8) is 0 Å². The predicted octanol–water partition coefficient (Wildman–Crippen LogP) is 2.29. The van der Waals surface area contributed by atoms with Crippen LogP contribution in [0.4, 0.5) is 4.39 Å². The van der Waals surface area contributed by atoms with E-state index in [0.717, 1.165) is 0 Å². The molecule has 0 aliphatic carbocycles. The van der Waals surface area contributed by atoms with E-state index in [1.54, 1.807) is 0 Å². The molecule has 0 spiro atoms. The summed E-state index contributed by atoms with van der Waals surface area (Å²) >= 11 is 2.91. The van der Waals surface area contributed by atoms with Crippen LogP contribution in [0.25, 0.3) is 4.65 Å². The van der Waals surface area contributed by atoms with E-state index in [1.165, 1.54) is 12.1 Å². The van der Waals surface area contributed by atoms with E-state index >= 15 is 0 Å². The average molecular weight is 430 g/mol. The molecule has 0 aromatic heterocycles. The van der Waals surface area contributed by atoms with Gasteiger partial charge < -0.3 is 4.65 Å². The molecule has 8 heteroatoms. The SMILES string of the molecule is C[Si](C)(C)[N-][Si](C)(C)C.N#Cc1[c-]c(Br)c(F)cc1.[Cu].[Li+]. The molecule has 117 valence electrons. The van der Waals surface area contributed by atoms with Crippen molar-refractivity contribution in [1.29, 1.82) is 5.26 Å². The first-order valence-electron chi connectivity index (χ1n) is 5.96. The maximum absolute atomic E-state index is 12.4. The Morgan fingerprint density at radius 1 is 1.14 bits per heavy atom. The fourth-order valence-electron chi connectivity index (χ4n) is 1.52. The van der Waals surface area contributed by atoms with Gasteiger partial charge in [-0.3, -0.25) is 9.65 Å². The van der Waals surface area contributed by atoms with E-state index in [9.17, 15) is 4.39 Å². The molecule has 0 saturated carbocycles. The van der Waals surface area contributed by atoms with Crippen molar-refractivity contribution in [2.75, 3.05) is 0 Å². The zero-order valence-electron chi connectivity index (χ0n) is 13.6. The topological polar surface area (TPSA) is 37.9 Å². The van der Waals surface area contributed by atoms with Crippen LogP contribution in [-0.4, -0.2) is 16.5 Å². The number of hydrogen-bond donors (Lipinski definition) is 0. The summed E-state index contributed by atoms with van der Waals surface area (Å²) in [5.41, 5.74) is 0.327. The molecule has 1 aromatic carbocycles. The minimum Gasteiger partial charge on any atom is -0.668 e. The Balaban J connectivity index is -0.000000284. The van der Waals surface area contributed by atoms with Gasteiger partial charge in [-0.25, -0.2) is 0 Å². The van der Waals surface area contributed by atoms with Crippen molar-refractivity contribution in [2.45, 2.75) is 39.3 Å². The zero-order valence-corrected chi connectivity index (χ0v) is 18.1. The van der Waals surface area contributed by atoms with Crippen molar-refractivity contribution in [1.82, 2.24) is 0 Å². The maximum Gasteiger partial charge on any atom is 1.00 e. The van der Waals surface area contributed by atoms with Crippen molar-refractivity contribution in [3.05, 3.63) is 38.7 Å². The minimum absolute atomic E-state index is 0. The fraction of sp³-hybridized carbons (Fsp3) is 0.462. The molecule has 0 fully saturated rings. The second kappa shape index (κ2) is 11.2. The van der Waals surface area contributed by atoms with Gasteiger partial charge in [-0.15, -0.1) is 18.2 Å². The van der Waals surface area contributed by atoms with Crippen molar-refractivity contribution < 1.29 is 40.3 Å². The normalized spacial score (nSPS) is 10.2. The van der Waals surface area contributed by atoms with Gasteiger partial charge in [0.1, 0.15) is 0 Å². The molecule has 1 rings (SSSR count). The Kier molecular flexibility index (Phi) is 14.2. The Morgan fingerprint density at radius 3 is 1.81 bits per heavy atom. The van der Waals surface area contributed by atoms with Crippen molar-refractivity contribution in [2.24, 2.45) is 0 Å². The van der Waals surface area contributed by atoms with E-state index in [2.05, 4.69) is 61.3 Å². The Labute approximate surface area is 161 Å². The fourth-order valence-corrected chi connectivity index (χ4v) is 9.92. The Morgan fingerprint density at radius 2 is 1.57 bits per heavy atom. The van der Waals surface area contributed by atoms with E-state index in [0.29, 0.717) is 5.56 Å². The molecule has 0 heterocycles. The average Bonchev–Trinajstić information content (AvgIpc) is 2.17. The standard InChI is InChI=1S/C7H2BrFN.C6H18NSi2.Cu.Li/c8-6-3-5(4-10)1-2-7(6)9;1-8(2,3)7-9(4,5)6;;/h1-2H;1-6H3;;/q2*-1;;+1. The summed E-state index contributed by atoms with van der Waals surface area (Å²) in [5.74, 6) is -0.404. The third kappa shape index (κ3) is 15.3. The first-order chi connectivity index (χ1) is 8.44. The van der Waals surface area contributed by atoms with E-state index in [4.69, 9.17) is 9.91 Å². The number of halogens is 2. The van der Waals surface area contributed by atoms with Crippen LogP contribution in [-0.2, 0) is 17.1 Å². The summed E-state index contributed by atoms with van der Waals surface area (Å²) in [4.78, 5) is 0. The summed E-state index contributed by atoms with van der Waals surface area (Å²) in [6.07, 6.45) is 0. The predicted molar refractivity (Wildman–Crippen MR) is 87.7 cm³/mol. The summed E-state index contributed by atoms with van der Waals surface area (Å²) in [6, 6.07) is 6.95. The number of hydrogen-bond acceptors (Lipinski definition) is 1. The Bertz CT molecular complexity index is 459. The minimum atomic E-state index is -1.11. The largest absolute Gasteiger partial charge is 1.00 e. The molecule has 0 aliphatic rings.